The minimum absolute atomic E-state index is 0.0180. The molecule has 1 aliphatic rings. The number of nitrogens with zero attached hydrogens (tertiary/aromatic N) is 2. The lowest BCUT2D eigenvalue weighted by Crippen LogP contribution is -2.47. The zero-order chi connectivity index (χ0) is 18.9. The van der Waals surface area contributed by atoms with Gasteiger partial charge in [-0.2, -0.15) is 0 Å². The molecule has 0 bridgehead atoms. The van der Waals surface area contributed by atoms with Crippen molar-refractivity contribution < 1.29 is 9.59 Å². The van der Waals surface area contributed by atoms with Gasteiger partial charge in [0.15, 0.2) is 0 Å². The number of urea groups is 1. The number of hydrogen-bond donors (Lipinski definition) is 1. The van der Waals surface area contributed by atoms with Crippen LogP contribution in [0.3, 0.4) is 0 Å². The van der Waals surface area contributed by atoms with Gasteiger partial charge in [-0.1, -0.05) is 25.5 Å². The number of rotatable bonds is 7. The Labute approximate surface area is 157 Å². The zero-order valence-electron chi connectivity index (χ0n) is 16.5. The molecule has 3 amide bonds. The minimum atomic E-state index is -0.0180. The summed E-state index contributed by atoms with van der Waals surface area (Å²) in [6.45, 7) is 8.94. The van der Waals surface area contributed by atoms with Crippen molar-refractivity contribution in [2.45, 2.75) is 52.9 Å². The average Bonchev–Trinajstić information content (AvgIpc) is 2.68. The molecule has 0 radical (unpaired) electrons. The molecule has 1 fully saturated rings. The van der Waals surface area contributed by atoms with Crippen molar-refractivity contribution in [3.63, 3.8) is 0 Å². The van der Waals surface area contributed by atoms with Crippen LogP contribution in [0.2, 0.25) is 0 Å². The Bertz CT molecular complexity index is 573. The zero-order valence-corrected chi connectivity index (χ0v) is 16.5. The molecule has 1 N–H and O–H groups in total. The number of aryl methyl sites for hydroxylation is 1. The first-order valence-corrected chi connectivity index (χ1v) is 10.0. The van der Waals surface area contributed by atoms with Crippen LogP contribution in [0.15, 0.2) is 24.3 Å². The molecule has 0 spiro atoms. The van der Waals surface area contributed by atoms with Gasteiger partial charge >= 0.3 is 6.03 Å². The molecule has 0 atom stereocenters. The molecular formula is C21H33N3O2. The summed E-state index contributed by atoms with van der Waals surface area (Å²) in [5, 5.41) is 3.03. The minimum Gasteiger partial charge on any atom is -0.326 e. The van der Waals surface area contributed by atoms with Gasteiger partial charge in [0.1, 0.15) is 0 Å². The van der Waals surface area contributed by atoms with E-state index in [0.717, 1.165) is 38.0 Å². The van der Waals surface area contributed by atoms with E-state index in [0.29, 0.717) is 13.1 Å². The number of anilines is 1. The highest BCUT2D eigenvalue weighted by molar-refractivity contribution is 5.92. The predicted molar refractivity (Wildman–Crippen MR) is 106 cm³/mol. The highest BCUT2D eigenvalue weighted by atomic mass is 16.2. The highest BCUT2D eigenvalue weighted by Crippen LogP contribution is 2.21. The molecule has 0 unspecified atom stereocenters. The second-order valence-corrected chi connectivity index (χ2v) is 7.01. The van der Waals surface area contributed by atoms with Gasteiger partial charge in [-0.05, 0) is 57.2 Å². The molecular weight excluding hydrogens is 326 g/mol. The molecule has 0 aromatic heterocycles. The van der Waals surface area contributed by atoms with E-state index in [1.54, 1.807) is 0 Å². The number of amides is 3. The summed E-state index contributed by atoms with van der Waals surface area (Å²) in [7, 11) is 0. The lowest BCUT2D eigenvalue weighted by molar-refractivity contribution is -0.121. The van der Waals surface area contributed by atoms with E-state index in [4.69, 9.17) is 0 Å². The third kappa shape index (κ3) is 5.48. The molecule has 5 heteroatoms. The fourth-order valence-corrected chi connectivity index (χ4v) is 3.41. The van der Waals surface area contributed by atoms with Crippen molar-refractivity contribution in [3.8, 4) is 0 Å². The molecule has 5 nitrogen and oxygen atoms in total. The number of likely N-dealkylation sites (tertiary alicyclic amines) is 1. The first-order valence-electron chi connectivity index (χ1n) is 10.0. The van der Waals surface area contributed by atoms with Crippen LogP contribution in [0, 0.1) is 5.92 Å². The van der Waals surface area contributed by atoms with Crippen molar-refractivity contribution in [3.05, 3.63) is 29.8 Å². The second kappa shape index (κ2) is 10.2. The monoisotopic (exact) mass is 359 g/mol. The Morgan fingerprint density at radius 3 is 2.23 bits per heavy atom. The van der Waals surface area contributed by atoms with Crippen LogP contribution in [0.5, 0.6) is 0 Å². The van der Waals surface area contributed by atoms with Crippen LogP contribution < -0.4 is 5.32 Å². The summed E-state index contributed by atoms with van der Waals surface area (Å²) in [5.74, 6) is 0.0526. The van der Waals surface area contributed by atoms with Crippen molar-refractivity contribution in [1.82, 2.24) is 9.80 Å². The van der Waals surface area contributed by atoms with Gasteiger partial charge in [-0.3, -0.25) is 4.79 Å². The summed E-state index contributed by atoms with van der Waals surface area (Å²) >= 11 is 0. The van der Waals surface area contributed by atoms with Gasteiger partial charge in [0.05, 0.1) is 0 Å². The van der Waals surface area contributed by atoms with Crippen LogP contribution in [0.1, 0.15) is 52.0 Å². The smallest absolute Gasteiger partial charge is 0.319 e. The van der Waals surface area contributed by atoms with Crippen LogP contribution in [-0.2, 0) is 11.2 Å². The van der Waals surface area contributed by atoms with Crippen LogP contribution in [0.4, 0.5) is 10.5 Å². The molecule has 1 saturated heterocycles. The average molecular weight is 360 g/mol. The van der Waals surface area contributed by atoms with Gasteiger partial charge in [0.2, 0.25) is 5.91 Å². The van der Waals surface area contributed by atoms with Gasteiger partial charge in [-0.15, -0.1) is 0 Å². The number of nitrogens with one attached hydrogen (secondary N) is 1. The number of benzene rings is 1. The largest absolute Gasteiger partial charge is 0.326 e. The van der Waals surface area contributed by atoms with Gasteiger partial charge in [-0.25, -0.2) is 4.79 Å². The molecule has 1 aromatic carbocycles. The Hall–Kier alpha value is -2.04. The molecule has 1 heterocycles. The fraction of sp³-hybridized carbons (Fsp3) is 0.619. The summed E-state index contributed by atoms with van der Waals surface area (Å²) in [6.07, 6.45) is 4.93. The van der Waals surface area contributed by atoms with Crippen LogP contribution >= 0.6 is 0 Å². The quantitative estimate of drug-likeness (QED) is 0.795. The third-order valence-corrected chi connectivity index (χ3v) is 5.21. The van der Waals surface area contributed by atoms with Crippen molar-refractivity contribution in [2.75, 3.05) is 31.5 Å². The number of hydrogen-bond acceptors (Lipinski definition) is 2. The second-order valence-electron chi connectivity index (χ2n) is 7.01. The normalized spacial score (nSPS) is 15.0. The van der Waals surface area contributed by atoms with Gasteiger partial charge in [0.25, 0.3) is 0 Å². The predicted octanol–water partition coefficient (Wildman–Crippen LogP) is 4.14. The maximum absolute atomic E-state index is 12.5. The molecule has 0 saturated carbocycles. The maximum atomic E-state index is 12.5. The standard InChI is InChI=1S/C21H33N3O2/c1-4-7-8-17-9-11-19(12-10-17)22-20(25)18-13-15-24(16-14-18)21(26)23(5-2)6-3/h9-12,18H,4-8,13-16H2,1-3H3,(H,22,25). The lowest BCUT2D eigenvalue weighted by atomic mass is 9.96. The van der Waals surface area contributed by atoms with E-state index in [1.165, 1.54) is 18.4 Å². The number of carbonyl (C=O) groups excluding carboxylic acids is 2. The van der Waals surface area contributed by atoms with E-state index >= 15 is 0 Å². The van der Waals surface area contributed by atoms with E-state index in [-0.39, 0.29) is 17.9 Å². The summed E-state index contributed by atoms with van der Waals surface area (Å²) in [5.41, 5.74) is 2.17. The lowest BCUT2D eigenvalue weighted by Gasteiger charge is -2.34. The first-order chi connectivity index (χ1) is 12.6. The Balaban J connectivity index is 1.82. The topological polar surface area (TPSA) is 52.7 Å². The summed E-state index contributed by atoms with van der Waals surface area (Å²) in [4.78, 5) is 28.6. The third-order valence-electron chi connectivity index (χ3n) is 5.21. The SMILES string of the molecule is CCCCc1ccc(NC(=O)C2CCN(C(=O)N(CC)CC)CC2)cc1. The Morgan fingerprint density at radius 2 is 1.69 bits per heavy atom. The van der Waals surface area contributed by atoms with Crippen LogP contribution in [0.25, 0.3) is 0 Å². The Morgan fingerprint density at radius 1 is 1.08 bits per heavy atom. The number of unbranched alkanes of at least 4 members (excludes halogenated alkanes) is 1. The van der Waals surface area contributed by atoms with Crippen molar-refractivity contribution in [1.29, 1.82) is 0 Å². The van der Waals surface area contributed by atoms with Crippen molar-refractivity contribution in [2.24, 2.45) is 5.92 Å². The van der Waals surface area contributed by atoms with Gasteiger partial charge < -0.3 is 15.1 Å². The number of carbonyl (C=O) groups is 2. The first kappa shape index (κ1) is 20.3. The maximum Gasteiger partial charge on any atom is 0.319 e. The van der Waals surface area contributed by atoms with E-state index in [1.807, 2.05) is 35.8 Å². The fourth-order valence-electron chi connectivity index (χ4n) is 3.41. The van der Waals surface area contributed by atoms with Gasteiger partial charge in [0, 0.05) is 37.8 Å². The van der Waals surface area contributed by atoms with E-state index in [2.05, 4.69) is 24.4 Å². The number of piperidine rings is 1. The van der Waals surface area contributed by atoms with Crippen LogP contribution in [-0.4, -0.2) is 47.9 Å². The van der Waals surface area contributed by atoms with Crippen molar-refractivity contribution >= 4 is 17.6 Å². The molecule has 1 aliphatic heterocycles. The Kier molecular flexibility index (Phi) is 7.95. The summed E-state index contributed by atoms with van der Waals surface area (Å²) < 4.78 is 0. The molecule has 1 aromatic rings. The molecule has 26 heavy (non-hydrogen) atoms. The summed E-state index contributed by atoms with van der Waals surface area (Å²) in [6, 6.07) is 8.26. The highest BCUT2D eigenvalue weighted by Gasteiger charge is 2.28. The molecule has 144 valence electrons. The van der Waals surface area contributed by atoms with E-state index in [9.17, 15) is 9.59 Å². The molecule has 0 aliphatic carbocycles. The van der Waals surface area contributed by atoms with E-state index < -0.39 is 0 Å². The molecule has 2 rings (SSSR count).